The fourth-order valence-electron chi connectivity index (χ4n) is 3.08. The standard InChI is InChI=1S/C21H24N2O4S/c1-21(2,24)14-6-9-18-19(15-10-12-17(13-11-15)28(22,25)26)20(23-27-18)16-7-4-3-5-8-16/h3-5,7-8,10-13,24H,6,9,14H2,1-2H3,(H2,22,25,26). The first-order chi connectivity index (χ1) is 13.1. The van der Waals surface area contributed by atoms with Crippen molar-refractivity contribution < 1.29 is 18.0 Å². The van der Waals surface area contributed by atoms with E-state index in [9.17, 15) is 13.5 Å². The summed E-state index contributed by atoms with van der Waals surface area (Å²) < 4.78 is 28.7. The Labute approximate surface area is 165 Å². The van der Waals surface area contributed by atoms with E-state index in [-0.39, 0.29) is 4.90 Å². The van der Waals surface area contributed by atoms with Crippen LogP contribution in [-0.2, 0) is 16.4 Å². The molecule has 3 rings (SSSR count). The molecule has 28 heavy (non-hydrogen) atoms. The molecule has 0 bridgehead atoms. The third kappa shape index (κ3) is 4.86. The number of aryl methyl sites for hydroxylation is 1. The molecule has 0 aliphatic rings. The highest BCUT2D eigenvalue weighted by molar-refractivity contribution is 7.89. The number of nitrogens with zero attached hydrogens (tertiary/aromatic N) is 1. The van der Waals surface area contributed by atoms with Gasteiger partial charge in [-0.3, -0.25) is 0 Å². The maximum atomic E-state index is 11.5. The van der Waals surface area contributed by atoms with Crippen LogP contribution in [0.1, 0.15) is 32.4 Å². The molecular formula is C21H24N2O4S. The number of primary sulfonamides is 1. The Morgan fingerprint density at radius 2 is 1.68 bits per heavy atom. The Morgan fingerprint density at radius 3 is 2.25 bits per heavy atom. The van der Waals surface area contributed by atoms with Gasteiger partial charge in [-0.2, -0.15) is 0 Å². The van der Waals surface area contributed by atoms with Crippen molar-refractivity contribution in [3.63, 3.8) is 0 Å². The normalized spacial score (nSPS) is 12.3. The molecule has 0 aliphatic heterocycles. The third-order valence-corrected chi connectivity index (χ3v) is 5.40. The molecule has 0 radical (unpaired) electrons. The Balaban J connectivity index is 2.02. The van der Waals surface area contributed by atoms with Crippen LogP contribution < -0.4 is 5.14 Å². The van der Waals surface area contributed by atoms with E-state index in [1.54, 1.807) is 26.0 Å². The fourth-order valence-corrected chi connectivity index (χ4v) is 3.59. The van der Waals surface area contributed by atoms with Crippen molar-refractivity contribution >= 4 is 10.0 Å². The van der Waals surface area contributed by atoms with Crippen molar-refractivity contribution in [3.05, 3.63) is 60.4 Å². The highest BCUT2D eigenvalue weighted by Gasteiger charge is 2.21. The lowest BCUT2D eigenvalue weighted by atomic mass is 9.95. The van der Waals surface area contributed by atoms with E-state index in [2.05, 4.69) is 5.16 Å². The summed E-state index contributed by atoms with van der Waals surface area (Å²) in [5.41, 5.74) is 2.47. The lowest BCUT2D eigenvalue weighted by Gasteiger charge is -2.16. The lowest BCUT2D eigenvalue weighted by Crippen LogP contribution is -2.18. The van der Waals surface area contributed by atoms with E-state index in [1.165, 1.54) is 12.1 Å². The maximum absolute atomic E-state index is 11.5. The molecule has 0 aliphatic carbocycles. The smallest absolute Gasteiger partial charge is 0.238 e. The first-order valence-electron chi connectivity index (χ1n) is 9.05. The van der Waals surface area contributed by atoms with Crippen molar-refractivity contribution in [2.75, 3.05) is 0 Å². The Kier molecular flexibility index (Phi) is 5.69. The fraction of sp³-hybridized carbons (Fsp3) is 0.286. The van der Waals surface area contributed by atoms with E-state index in [0.29, 0.717) is 24.3 Å². The summed E-state index contributed by atoms with van der Waals surface area (Å²) in [7, 11) is -3.76. The highest BCUT2D eigenvalue weighted by Crippen LogP contribution is 2.36. The van der Waals surface area contributed by atoms with Gasteiger partial charge in [-0.1, -0.05) is 47.6 Å². The van der Waals surface area contributed by atoms with Gasteiger partial charge in [0.25, 0.3) is 0 Å². The van der Waals surface area contributed by atoms with Crippen LogP contribution in [0, 0.1) is 0 Å². The van der Waals surface area contributed by atoms with Gasteiger partial charge in [0.1, 0.15) is 11.5 Å². The molecule has 0 spiro atoms. The number of benzene rings is 2. The summed E-state index contributed by atoms with van der Waals surface area (Å²) >= 11 is 0. The molecule has 3 N–H and O–H groups in total. The van der Waals surface area contributed by atoms with Gasteiger partial charge < -0.3 is 9.63 Å². The van der Waals surface area contributed by atoms with E-state index in [4.69, 9.17) is 9.66 Å². The van der Waals surface area contributed by atoms with Crippen LogP contribution in [0.5, 0.6) is 0 Å². The van der Waals surface area contributed by atoms with Crippen molar-refractivity contribution in [2.24, 2.45) is 5.14 Å². The number of hydrogen-bond acceptors (Lipinski definition) is 5. The minimum absolute atomic E-state index is 0.0533. The molecule has 1 heterocycles. The summed E-state index contributed by atoms with van der Waals surface area (Å²) in [6.07, 6.45) is 1.96. The van der Waals surface area contributed by atoms with Crippen molar-refractivity contribution in [1.82, 2.24) is 5.16 Å². The molecule has 1 aromatic heterocycles. The minimum atomic E-state index is -3.76. The summed E-state index contributed by atoms with van der Waals surface area (Å²) in [6, 6.07) is 16.0. The lowest BCUT2D eigenvalue weighted by molar-refractivity contribution is 0.0684. The molecule has 3 aromatic rings. The highest BCUT2D eigenvalue weighted by atomic mass is 32.2. The zero-order valence-corrected chi connectivity index (χ0v) is 16.7. The van der Waals surface area contributed by atoms with E-state index < -0.39 is 15.6 Å². The van der Waals surface area contributed by atoms with Crippen LogP contribution in [0.15, 0.2) is 64.0 Å². The predicted octanol–water partition coefficient (Wildman–Crippen LogP) is 3.75. The second kappa shape index (κ2) is 7.87. The Hall–Kier alpha value is -2.48. The minimum Gasteiger partial charge on any atom is -0.390 e. The average Bonchev–Trinajstić information content (AvgIpc) is 3.04. The van der Waals surface area contributed by atoms with Gasteiger partial charge in [-0.25, -0.2) is 13.6 Å². The summed E-state index contributed by atoms with van der Waals surface area (Å²) in [4.78, 5) is 0.0533. The third-order valence-electron chi connectivity index (χ3n) is 4.47. The number of rotatable bonds is 7. The first kappa shape index (κ1) is 20.3. The topological polar surface area (TPSA) is 106 Å². The SMILES string of the molecule is CC(C)(O)CCCc1onc(-c2ccccc2)c1-c1ccc(S(N)(=O)=O)cc1. The van der Waals surface area contributed by atoms with Crippen LogP contribution in [0.4, 0.5) is 0 Å². The Bertz CT molecular complexity index is 1030. The van der Waals surface area contributed by atoms with E-state index in [0.717, 1.165) is 23.1 Å². The van der Waals surface area contributed by atoms with E-state index >= 15 is 0 Å². The molecule has 0 amide bonds. The zero-order valence-electron chi connectivity index (χ0n) is 15.9. The largest absolute Gasteiger partial charge is 0.390 e. The molecule has 148 valence electrons. The van der Waals surface area contributed by atoms with Gasteiger partial charge in [-0.15, -0.1) is 0 Å². The van der Waals surface area contributed by atoms with Gasteiger partial charge in [-0.05, 0) is 44.4 Å². The molecule has 2 aromatic carbocycles. The van der Waals surface area contributed by atoms with Crippen molar-refractivity contribution in [2.45, 2.75) is 43.6 Å². The number of aromatic nitrogens is 1. The first-order valence-corrected chi connectivity index (χ1v) is 10.6. The molecule has 7 heteroatoms. The molecule has 0 unspecified atom stereocenters. The van der Waals surface area contributed by atoms with Gasteiger partial charge in [0.2, 0.25) is 10.0 Å². The Morgan fingerprint density at radius 1 is 1.04 bits per heavy atom. The van der Waals surface area contributed by atoms with Gasteiger partial charge in [0, 0.05) is 12.0 Å². The molecule has 0 saturated carbocycles. The van der Waals surface area contributed by atoms with Crippen LogP contribution in [-0.4, -0.2) is 24.3 Å². The van der Waals surface area contributed by atoms with Gasteiger partial charge >= 0.3 is 0 Å². The average molecular weight is 401 g/mol. The van der Waals surface area contributed by atoms with Gasteiger partial charge in [0.05, 0.1) is 16.1 Å². The van der Waals surface area contributed by atoms with Crippen molar-refractivity contribution in [1.29, 1.82) is 0 Å². The monoisotopic (exact) mass is 400 g/mol. The van der Waals surface area contributed by atoms with Crippen LogP contribution >= 0.6 is 0 Å². The number of aliphatic hydroxyl groups is 1. The summed E-state index contributed by atoms with van der Waals surface area (Å²) in [5.74, 6) is 0.700. The van der Waals surface area contributed by atoms with Crippen molar-refractivity contribution in [3.8, 4) is 22.4 Å². The van der Waals surface area contributed by atoms with E-state index in [1.807, 2.05) is 30.3 Å². The molecule has 6 nitrogen and oxygen atoms in total. The molecule has 0 saturated heterocycles. The molecule has 0 atom stereocenters. The second-order valence-electron chi connectivity index (χ2n) is 7.43. The number of nitrogens with two attached hydrogens (primary N) is 1. The maximum Gasteiger partial charge on any atom is 0.238 e. The summed E-state index contributed by atoms with van der Waals surface area (Å²) in [6.45, 7) is 3.55. The second-order valence-corrected chi connectivity index (χ2v) is 8.99. The predicted molar refractivity (Wildman–Crippen MR) is 108 cm³/mol. The summed E-state index contributed by atoms with van der Waals surface area (Å²) in [5, 5.41) is 19.4. The zero-order chi connectivity index (χ0) is 20.4. The molecular weight excluding hydrogens is 376 g/mol. The quantitative estimate of drug-likeness (QED) is 0.628. The van der Waals surface area contributed by atoms with Crippen LogP contribution in [0.3, 0.4) is 0 Å². The number of sulfonamides is 1. The van der Waals surface area contributed by atoms with Crippen LogP contribution in [0.2, 0.25) is 0 Å². The van der Waals surface area contributed by atoms with Gasteiger partial charge in [0.15, 0.2) is 0 Å². The number of hydrogen-bond donors (Lipinski definition) is 2. The molecule has 0 fully saturated rings. The van der Waals surface area contributed by atoms with Crippen LogP contribution in [0.25, 0.3) is 22.4 Å².